The Labute approximate surface area is 369 Å². The fraction of sp³-hybridized carbons (Fsp3) is 0.707. The van der Waals surface area contributed by atoms with E-state index in [1.165, 1.54) is 0 Å². The molecule has 0 radical (unpaired) electrons. The van der Waals surface area contributed by atoms with E-state index in [9.17, 15) is 23.6 Å². The van der Waals surface area contributed by atoms with E-state index in [1.807, 2.05) is 30.2 Å². The molecule has 4 rings (SSSR count). The van der Waals surface area contributed by atoms with Crippen LogP contribution < -0.4 is 26.6 Å². The van der Waals surface area contributed by atoms with Crippen LogP contribution in [-0.2, 0) is 39.1 Å². The van der Waals surface area contributed by atoms with Crippen LogP contribution in [0.2, 0.25) is 0 Å². The lowest BCUT2D eigenvalue weighted by molar-refractivity contribution is -0.380. The summed E-state index contributed by atoms with van der Waals surface area (Å²) in [6, 6.07) is 0. The van der Waals surface area contributed by atoms with E-state index < -0.39 is 30.3 Å². The number of amides is 1. The summed E-state index contributed by atoms with van der Waals surface area (Å²) in [6.07, 6.45) is 4.84. The lowest BCUT2D eigenvalue weighted by Crippen LogP contribution is -2.54. The Morgan fingerprint density at radius 1 is 1.05 bits per heavy atom. The quantitative estimate of drug-likeness (QED) is 0.0478. The summed E-state index contributed by atoms with van der Waals surface area (Å²) in [4.78, 5) is 86.5. The highest BCUT2D eigenvalue weighted by Gasteiger charge is 2.36. The number of imidazole rings is 1. The van der Waals surface area contributed by atoms with Gasteiger partial charge in [-0.2, -0.15) is 9.97 Å². The van der Waals surface area contributed by atoms with Crippen molar-refractivity contribution in [1.29, 1.82) is 0 Å². The number of nitrogens with two attached hydrogens (primary N) is 1. The number of allylic oxidation sites excluding steroid dienone is 2. The largest absolute Gasteiger partial charge is 0.437 e. The maximum Gasteiger partial charge on any atom is 0.343 e. The van der Waals surface area contributed by atoms with Gasteiger partial charge in [0, 0.05) is 50.2 Å². The lowest BCUT2D eigenvalue weighted by Gasteiger charge is -2.35. The molecule has 2 aliphatic rings. The molecule has 2 atom stereocenters. The van der Waals surface area contributed by atoms with Crippen LogP contribution in [0, 0.1) is 0 Å². The number of carbonyl (C=O) groups is 4. The number of carbonyl (C=O) groups excluding carboxylic acids is 4. The Kier molecular flexibility index (Phi) is 19.9. The van der Waals surface area contributed by atoms with Crippen molar-refractivity contribution in [3.63, 3.8) is 0 Å². The number of anilines is 2. The van der Waals surface area contributed by atoms with E-state index in [4.69, 9.17) is 30.1 Å². The summed E-state index contributed by atoms with van der Waals surface area (Å²) in [7, 11) is 3.45. The summed E-state index contributed by atoms with van der Waals surface area (Å²) >= 11 is 0. The van der Waals surface area contributed by atoms with E-state index in [1.54, 1.807) is 41.3 Å². The molecular weight excluding hydrogens is 820 g/mol. The van der Waals surface area contributed by atoms with Gasteiger partial charge in [-0.3, -0.25) is 29.3 Å². The first-order valence-electron chi connectivity index (χ1n) is 21.9. The van der Waals surface area contributed by atoms with E-state index in [0.29, 0.717) is 98.2 Å². The molecule has 4 heterocycles. The van der Waals surface area contributed by atoms with Crippen LogP contribution in [0.4, 0.5) is 16.2 Å². The number of unbranched alkanes of at least 4 members (excludes halogenated alkanes) is 2. The van der Waals surface area contributed by atoms with Crippen LogP contribution >= 0.6 is 0 Å². The molecule has 63 heavy (non-hydrogen) atoms. The van der Waals surface area contributed by atoms with Gasteiger partial charge in [0.15, 0.2) is 17.0 Å². The number of cyclic esters (lactones) is 1. The molecule has 2 aromatic heterocycles. The second-order valence-electron chi connectivity index (χ2n) is 16.8. The smallest absolute Gasteiger partial charge is 0.343 e. The minimum Gasteiger partial charge on any atom is -0.437 e. The molecule has 0 aliphatic carbocycles. The zero-order chi connectivity index (χ0) is 46.1. The number of likely N-dealkylation sites (N-methyl/N-ethyl adjacent to an activating group) is 3. The average molecular weight is 889 g/mol. The number of nitrogens with zero attached hydrogens (tertiary/aromatic N) is 10. The predicted octanol–water partition coefficient (Wildman–Crippen LogP) is 1.38. The fourth-order valence-electron chi connectivity index (χ4n) is 6.51. The number of halogens is 1. The molecule has 1 amide bonds. The third-order valence-electron chi connectivity index (χ3n) is 10.4. The molecule has 2 aliphatic heterocycles. The third-order valence-corrected chi connectivity index (χ3v) is 10.4. The Morgan fingerprint density at radius 2 is 1.78 bits per heavy atom. The Balaban J connectivity index is 1.15. The predicted molar refractivity (Wildman–Crippen MR) is 237 cm³/mol. The molecule has 2 saturated heterocycles. The number of hydrogen-bond donors (Lipinski definition) is 4. The minimum atomic E-state index is -1.12. The van der Waals surface area contributed by atoms with Gasteiger partial charge in [-0.15, -0.1) is 0 Å². The summed E-state index contributed by atoms with van der Waals surface area (Å²) in [6.45, 7) is 15.9. The van der Waals surface area contributed by atoms with Gasteiger partial charge in [0.25, 0.3) is 0 Å². The van der Waals surface area contributed by atoms with Crippen molar-refractivity contribution in [2.45, 2.75) is 91.6 Å². The van der Waals surface area contributed by atoms with Gasteiger partial charge in [0.05, 0.1) is 56.5 Å². The second-order valence-corrected chi connectivity index (χ2v) is 16.8. The highest BCUT2D eigenvalue weighted by atomic mass is 19.1. The highest BCUT2D eigenvalue weighted by molar-refractivity contribution is 5.91. The van der Waals surface area contributed by atoms with Gasteiger partial charge >= 0.3 is 17.9 Å². The molecule has 2 fully saturated rings. The summed E-state index contributed by atoms with van der Waals surface area (Å²) in [5.41, 5.74) is 8.57. The fourth-order valence-corrected chi connectivity index (χ4v) is 6.51. The van der Waals surface area contributed by atoms with Crippen LogP contribution in [0.1, 0.15) is 73.6 Å². The van der Waals surface area contributed by atoms with Crippen molar-refractivity contribution < 1.29 is 38.0 Å². The van der Waals surface area contributed by atoms with Crippen LogP contribution in [0.25, 0.3) is 11.2 Å². The molecule has 1 unspecified atom stereocenters. The van der Waals surface area contributed by atoms with Crippen molar-refractivity contribution >= 4 is 53.0 Å². The van der Waals surface area contributed by atoms with E-state index >= 15 is 0 Å². The zero-order valence-electron chi connectivity index (χ0n) is 38.3. The highest BCUT2D eigenvalue weighted by Crippen LogP contribution is 2.29. The molecule has 21 nitrogen and oxygen atoms in total. The Bertz CT molecular complexity index is 1890. The number of ether oxygens (including phenoxy) is 1. The monoisotopic (exact) mass is 889 g/mol. The summed E-state index contributed by atoms with van der Waals surface area (Å²) < 4.78 is 21.5. The first-order chi connectivity index (χ1) is 30.0. The number of nitrogens with one attached hydrogen (secondary N) is 3. The van der Waals surface area contributed by atoms with E-state index in [2.05, 4.69) is 46.7 Å². The molecular formula is C41H69FN14O7. The zero-order valence-corrected chi connectivity index (χ0v) is 38.3. The Morgan fingerprint density at radius 3 is 2.43 bits per heavy atom. The molecule has 2 aromatic rings. The first kappa shape index (κ1) is 50.6. The number of morpholine rings is 1. The number of rotatable bonds is 25. The molecule has 22 heteroatoms. The minimum absolute atomic E-state index is 0.0568. The van der Waals surface area contributed by atoms with Crippen molar-refractivity contribution in [2.75, 3.05) is 109 Å². The van der Waals surface area contributed by atoms with E-state index in [0.717, 1.165) is 19.3 Å². The van der Waals surface area contributed by atoms with Gasteiger partial charge in [-0.25, -0.2) is 19.0 Å². The summed E-state index contributed by atoms with van der Waals surface area (Å²) in [5.74, 6) is -1.16. The number of hydroxylamine groups is 2. The van der Waals surface area contributed by atoms with Crippen LogP contribution in [-0.4, -0.2) is 181 Å². The molecule has 0 saturated carbocycles. The standard InChI is InChI=1S/C41H69FN14O7/c1-9-30(43)31(48-38-37-39(55(28-47-37)41(4,5)6)50-40(49-38)54-19-15-29(42)23-54)21-44-16-13-12-14-17-46-32(57)22-45-18-20-52(8)26-36(60)63-56(62-35(59)25-51(7)10-2)33-24-53(11-3)27-34(58)61-33/h21,28-29,33,45H,9-20,22-27,43H2,1-8H3,(H,46,57)(H,48,49,50)/t29-,33?/m0/s1. The van der Waals surface area contributed by atoms with Gasteiger partial charge in [0.1, 0.15) is 6.17 Å². The summed E-state index contributed by atoms with van der Waals surface area (Å²) in [5, 5.41) is 10.0. The maximum absolute atomic E-state index is 14.2. The van der Waals surface area contributed by atoms with Crippen LogP contribution in [0.5, 0.6) is 0 Å². The maximum atomic E-state index is 14.2. The second kappa shape index (κ2) is 24.7. The number of aromatic nitrogens is 4. The molecule has 0 spiro atoms. The molecule has 0 bridgehead atoms. The third kappa shape index (κ3) is 16.2. The number of esters is 1. The Hall–Kier alpha value is -5.03. The van der Waals surface area contributed by atoms with Gasteiger partial charge in [-0.05, 0) is 80.1 Å². The number of alkyl halides is 1. The normalized spacial score (nSPS) is 17.8. The topological polar surface area (TPSA) is 230 Å². The van der Waals surface area contributed by atoms with Crippen molar-refractivity contribution in [1.82, 2.24) is 50.1 Å². The van der Waals surface area contributed by atoms with Crippen molar-refractivity contribution in [3.05, 3.63) is 17.7 Å². The van der Waals surface area contributed by atoms with Crippen LogP contribution in [0.15, 0.2) is 22.7 Å². The molecule has 0 aromatic carbocycles. The first-order valence-corrected chi connectivity index (χ1v) is 21.9. The molecule has 5 N–H and O–H groups in total. The number of hydrogen-bond acceptors (Lipinski definition) is 19. The van der Waals surface area contributed by atoms with Crippen LogP contribution in [0.3, 0.4) is 0 Å². The van der Waals surface area contributed by atoms with E-state index in [-0.39, 0.29) is 50.7 Å². The van der Waals surface area contributed by atoms with Gasteiger partial charge in [0.2, 0.25) is 18.1 Å². The van der Waals surface area contributed by atoms with Crippen molar-refractivity contribution in [2.24, 2.45) is 10.7 Å². The number of fused-ring (bicyclic) bond motifs is 1. The van der Waals surface area contributed by atoms with Gasteiger partial charge < -0.3 is 45.6 Å². The average Bonchev–Trinajstić information content (AvgIpc) is 3.88. The lowest BCUT2D eigenvalue weighted by atomic mass is 10.1. The van der Waals surface area contributed by atoms with Gasteiger partial charge in [-0.1, -0.05) is 20.8 Å². The van der Waals surface area contributed by atoms with Crippen molar-refractivity contribution in [3.8, 4) is 0 Å². The number of aliphatic imine (C=N–C) groups is 1. The SMILES string of the molecule is CCC(N)=C(C=NCCCCCNC(=O)CNCCN(C)CC(=O)ON(OC(=O)CN(C)CC)C1CN(CC)CC(=O)O1)Nc1nc(N2CC[C@H](F)C2)nc2c1ncn2C(C)(C)C. The molecule has 352 valence electrons.